The van der Waals surface area contributed by atoms with E-state index in [1.807, 2.05) is 0 Å². The van der Waals surface area contributed by atoms with Gasteiger partial charge in [-0.1, -0.05) is 13.8 Å². The van der Waals surface area contributed by atoms with Crippen LogP contribution >= 0.6 is 0 Å². The standard InChI is InChI=1S/C23H37NO4/c1-14(24)12-20(26)28-15-6-10-22(3)18-8-9-21(2)17(4-5-19(21)25)16(18)7-11-23(22,27)13-15/h14-18,27H,4-13,24H2,1-3H3/t14?,15-,16-,17-,18-,21-,22+,23+/m0/s1. The minimum atomic E-state index is -0.776. The summed E-state index contributed by atoms with van der Waals surface area (Å²) in [6.07, 6.45) is 7.79. The Bertz CT molecular complexity index is 663. The second kappa shape index (κ2) is 6.80. The Hall–Kier alpha value is -0.940. The van der Waals surface area contributed by atoms with Crippen molar-refractivity contribution in [2.24, 2.45) is 34.3 Å². The van der Waals surface area contributed by atoms with Crippen molar-refractivity contribution in [3.05, 3.63) is 0 Å². The lowest BCUT2D eigenvalue weighted by Gasteiger charge is -2.63. The quantitative estimate of drug-likeness (QED) is 0.720. The molecule has 4 aliphatic carbocycles. The van der Waals surface area contributed by atoms with Crippen LogP contribution < -0.4 is 5.73 Å². The number of hydrogen-bond donors (Lipinski definition) is 2. The van der Waals surface area contributed by atoms with Gasteiger partial charge in [-0.05, 0) is 75.0 Å². The van der Waals surface area contributed by atoms with Crippen LogP contribution in [0.2, 0.25) is 0 Å². The summed E-state index contributed by atoms with van der Waals surface area (Å²) in [5.74, 6) is 1.72. The zero-order valence-electron chi connectivity index (χ0n) is 17.7. The number of rotatable bonds is 3. The lowest BCUT2D eigenvalue weighted by atomic mass is 9.43. The van der Waals surface area contributed by atoms with Crippen molar-refractivity contribution in [1.82, 2.24) is 0 Å². The van der Waals surface area contributed by atoms with E-state index in [0.29, 0.717) is 30.0 Å². The van der Waals surface area contributed by atoms with Gasteiger partial charge in [0.15, 0.2) is 0 Å². The molecule has 4 aliphatic rings. The Kier molecular flexibility index (Phi) is 4.94. The van der Waals surface area contributed by atoms with E-state index in [-0.39, 0.29) is 35.4 Å². The highest BCUT2D eigenvalue weighted by molar-refractivity contribution is 5.87. The van der Waals surface area contributed by atoms with Gasteiger partial charge in [0.2, 0.25) is 0 Å². The first kappa shape index (κ1) is 20.3. The Morgan fingerprint density at radius 1 is 1.18 bits per heavy atom. The van der Waals surface area contributed by atoms with E-state index in [0.717, 1.165) is 51.4 Å². The fourth-order valence-corrected chi connectivity index (χ4v) is 7.58. The number of Topliss-reactive ketones (excluding diaryl/α,β-unsaturated/α-hetero) is 1. The van der Waals surface area contributed by atoms with E-state index < -0.39 is 5.60 Å². The summed E-state index contributed by atoms with van der Waals surface area (Å²) >= 11 is 0. The second-order valence-corrected chi connectivity index (χ2v) is 10.8. The molecule has 0 aliphatic heterocycles. The summed E-state index contributed by atoms with van der Waals surface area (Å²) in [4.78, 5) is 24.6. The molecule has 5 nitrogen and oxygen atoms in total. The molecular formula is C23H37NO4. The van der Waals surface area contributed by atoms with Crippen LogP contribution in [0.25, 0.3) is 0 Å². The fourth-order valence-electron chi connectivity index (χ4n) is 7.58. The maximum absolute atomic E-state index is 12.5. The highest BCUT2D eigenvalue weighted by Crippen LogP contribution is 2.66. The van der Waals surface area contributed by atoms with Gasteiger partial charge in [0.05, 0.1) is 12.0 Å². The predicted octanol–water partition coefficient (Wildman–Crippen LogP) is 3.36. The molecule has 0 spiro atoms. The molecule has 0 aromatic rings. The van der Waals surface area contributed by atoms with Crippen LogP contribution in [0.3, 0.4) is 0 Å². The maximum atomic E-state index is 12.5. The molecule has 0 aromatic carbocycles. The molecule has 4 saturated carbocycles. The number of hydrogen-bond acceptors (Lipinski definition) is 5. The van der Waals surface area contributed by atoms with Crippen molar-refractivity contribution < 1.29 is 19.4 Å². The molecule has 3 N–H and O–H groups in total. The lowest BCUT2D eigenvalue weighted by Crippen LogP contribution is -2.63. The van der Waals surface area contributed by atoms with Gasteiger partial charge >= 0.3 is 5.97 Å². The molecule has 0 amide bonds. The summed E-state index contributed by atoms with van der Waals surface area (Å²) in [5.41, 5.74) is 4.67. The fraction of sp³-hybridized carbons (Fsp3) is 0.913. The highest BCUT2D eigenvalue weighted by atomic mass is 16.5. The minimum Gasteiger partial charge on any atom is -0.462 e. The van der Waals surface area contributed by atoms with Crippen molar-refractivity contribution in [3.63, 3.8) is 0 Å². The van der Waals surface area contributed by atoms with Gasteiger partial charge in [-0.15, -0.1) is 0 Å². The maximum Gasteiger partial charge on any atom is 0.307 e. The van der Waals surface area contributed by atoms with E-state index in [4.69, 9.17) is 10.5 Å². The molecule has 4 fully saturated rings. The van der Waals surface area contributed by atoms with Crippen molar-refractivity contribution in [2.45, 2.75) is 103 Å². The zero-order chi connectivity index (χ0) is 20.3. The van der Waals surface area contributed by atoms with Gasteiger partial charge in [0.1, 0.15) is 11.9 Å². The van der Waals surface area contributed by atoms with Gasteiger partial charge in [0.25, 0.3) is 0 Å². The van der Waals surface area contributed by atoms with E-state index >= 15 is 0 Å². The topological polar surface area (TPSA) is 89.6 Å². The van der Waals surface area contributed by atoms with Crippen LogP contribution in [0, 0.1) is 28.6 Å². The lowest BCUT2D eigenvalue weighted by molar-refractivity contribution is -0.222. The first-order chi connectivity index (χ1) is 13.1. The van der Waals surface area contributed by atoms with Gasteiger partial charge < -0.3 is 15.6 Å². The number of aliphatic hydroxyl groups is 1. The number of nitrogens with two attached hydrogens (primary N) is 1. The third-order valence-corrected chi connectivity index (χ3v) is 9.26. The molecule has 0 aromatic heterocycles. The van der Waals surface area contributed by atoms with E-state index in [9.17, 15) is 14.7 Å². The normalized spacial score (nSPS) is 49.0. The first-order valence-electron chi connectivity index (χ1n) is 11.3. The van der Waals surface area contributed by atoms with Gasteiger partial charge in [0, 0.05) is 24.3 Å². The van der Waals surface area contributed by atoms with Crippen LogP contribution in [0.4, 0.5) is 0 Å². The van der Waals surface area contributed by atoms with Crippen LogP contribution in [0.5, 0.6) is 0 Å². The smallest absolute Gasteiger partial charge is 0.307 e. The Labute approximate surface area is 168 Å². The van der Waals surface area contributed by atoms with Crippen molar-refractivity contribution in [3.8, 4) is 0 Å². The number of carbonyl (C=O) groups excluding carboxylic acids is 2. The highest BCUT2D eigenvalue weighted by Gasteiger charge is 2.64. The summed E-state index contributed by atoms with van der Waals surface area (Å²) in [6.45, 7) is 6.27. The monoisotopic (exact) mass is 391 g/mol. The third kappa shape index (κ3) is 2.96. The second-order valence-electron chi connectivity index (χ2n) is 10.8. The zero-order valence-corrected chi connectivity index (χ0v) is 17.7. The molecule has 28 heavy (non-hydrogen) atoms. The summed E-state index contributed by atoms with van der Waals surface area (Å²) in [7, 11) is 0. The molecule has 8 atom stereocenters. The molecule has 4 rings (SSSR count). The number of ether oxygens (including phenoxy) is 1. The van der Waals surface area contributed by atoms with Crippen LogP contribution in [0.15, 0.2) is 0 Å². The first-order valence-corrected chi connectivity index (χ1v) is 11.3. The molecule has 158 valence electrons. The molecule has 5 heteroatoms. The van der Waals surface area contributed by atoms with E-state index in [1.54, 1.807) is 6.92 Å². The largest absolute Gasteiger partial charge is 0.462 e. The average Bonchev–Trinajstić information content (AvgIpc) is 2.90. The van der Waals surface area contributed by atoms with E-state index in [2.05, 4.69) is 13.8 Å². The van der Waals surface area contributed by atoms with Gasteiger partial charge in [-0.2, -0.15) is 0 Å². The van der Waals surface area contributed by atoms with Crippen molar-refractivity contribution in [1.29, 1.82) is 0 Å². The number of ketones is 1. The number of esters is 1. The third-order valence-electron chi connectivity index (χ3n) is 9.26. The van der Waals surface area contributed by atoms with Crippen LogP contribution in [-0.2, 0) is 14.3 Å². The molecular weight excluding hydrogens is 354 g/mol. The molecule has 0 radical (unpaired) electrons. The molecule has 0 saturated heterocycles. The van der Waals surface area contributed by atoms with Crippen LogP contribution in [0.1, 0.15) is 85.0 Å². The molecule has 0 heterocycles. The van der Waals surface area contributed by atoms with Crippen molar-refractivity contribution in [2.75, 3.05) is 0 Å². The SMILES string of the molecule is CC(N)CC(=O)O[C@H]1CC[C@]2(C)[C@H]3CC[C@]4(C)C(=O)CC[C@H]4[C@@H]3CC[C@@]2(O)C1. The van der Waals surface area contributed by atoms with Gasteiger partial charge in [-0.3, -0.25) is 9.59 Å². The van der Waals surface area contributed by atoms with E-state index in [1.165, 1.54) is 0 Å². The van der Waals surface area contributed by atoms with Crippen LogP contribution in [-0.4, -0.2) is 34.6 Å². The summed E-state index contributed by atoms with van der Waals surface area (Å²) < 4.78 is 5.67. The summed E-state index contributed by atoms with van der Waals surface area (Å²) in [6, 6.07) is -0.203. The predicted molar refractivity (Wildman–Crippen MR) is 106 cm³/mol. The van der Waals surface area contributed by atoms with Crippen molar-refractivity contribution >= 4 is 11.8 Å². The summed E-state index contributed by atoms with van der Waals surface area (Å²) in [5, 5.41) is 11.7. The molecule has 0 bridgehead atoms. The molecule has 1 unspecified atom stereocenters. The minimum absolute atomic E-state index is 0.126. The Morgan fingerprint density at radius 3 is 2.64 bits per heavy atom. The number of carbonyl (C=O) groups is 2. The number of fused-ring (bicyclic) bond motifs is 5. The Morgan fingerprint density at radius 2 is 1.93 bits per heavy atom. The van der Waals surface area contributed by atoms with Gasteiger partial charge in [-0.25, -0.2) is 0 Å². The Balaban J connectivity index is 1.50. The average molecular weight is 392 g/mol.